The predicted molar refractivity (Wildman–Crippen MR) is 159 cm³/mol. The number of aliphatic hydroxyl groups is 1. The molecule has 7 aromatic rings. The van der Waals surface area contributed by atoms with E-state index < -0.39 is 14.0 Å². The van der Waals surface area contributed by atoms with E-state index in [0.717, 1.165) is 16.5 Å². The van der Waals surface area contributed by atoms with Crippen LogP contribution in [0.3, 0.4) is 0 Å². The van der Waals surface area contributed by atoms with Crippen molar-refractivity contribution in [3.63, 3.8) is 0 Å². The minimum Gasteiger partial charge on any atom is -0.384 e. The Labute approximate surface area is 217 Å². The highest BCUT2D eigenvalue weighted by Gasteiger charge is 2.25. The normalized spacial score (nSPS) is 12.6. The third-order valence-electron chi connectivity index (χ3n) is 7.34. The zero-order valence-corrected chi connectivity index (χ0v) is 21.1. The molecule has 0 aliphatic carbocycles. The fraction of sp³-hybridized carbons (Fsp3) is 0.0286. The van der Waals surface area contributed by atoms with Gasteiger partial charge in [-0.05, 0) is 73.3 Å². The van der Waals surface area contributed by atoms with Crippen molar-refractivity contribution in [3.8, 4) is 0 Å². The highest BCUT2D eigenvalue weighted by Crippen LogP contribution is 2.41. The van der Waals surface area contributed by atoms with Crippen molar-refractivity contribution in [2.24, 2.45) is 0 Å². The molecule has 0 aromatic heterocycles. The van der Waals surface area contributed by atoms with E-state index in [9.17, 15) is 5.11 Å². The van der Waals surface area contributed by atoms with E-state index in [1.165, 1.54) is 42.8 Å². The number of hydrogen-bond donors (Lipinski definition) is 1. The number of hydrogen-bond acceptors (Lipinski definition) is 1. The van der Waals surface area contributed by atoms with Gasteiger partial charge in [0.1, 0.15) is 6.10 Å². The van der Waals surface area contributed by atoms with E-state index in [4.69, 9.17) is 0 Å². The van der Waals surface area contributed by atoms with Gasteiger partial charge in [-0.25, -0.2) is 0 Å². The summed E-state index contributed by atoms with van der Waals surface area (Å²) in [4.78, 5) is 0. The summed E-state index contributed by atoms with van der Waals surface area (Å²) in [5.74, 6) is 0. The lowest BCUT2D eigenvalue weighted by Crippen LogP contribution is -2.24. The molecule has 0 aliphatic rings. The van der Waals surface area contributed by atoms with Gasteiger partial charge < -0.3 is 5.11 Å². The zero-order chi connectivity index (χ0) is 24.8. The monoisotopic (exact) mass is 492 g/mol. The van der Waals surface area contributed by atoms with Crippen LogP contribution < -0.4 is 15.9 Å². The fourth-order valence-electron chi connectivity index (χ4n) is 5.69. The predicted octanol–water partition coefficient (Wildman–Crippen LogP) is 7.42. The highest BCUT2D eigenvalue weighted by molar-refractivity contribution is 7.79. The molecule has 1 nitrogen and oxygen atoms in total. The van der Waals surface area contributed by atoms with Gasteiger partial charge >= 0.3 is 0 Å². The van der Waals surface area contributed by atoms with Gasteiger partial charge in [-0.15, -0.1) is 0 Å². The van der Waals surface area contributed by atoms with Crippen LogP contribution in [-0.4, -0.2) is 5.11 Å². The molecule has 0 fully saturated rings. The van der Waals surface area contributed by atoms with Gasteiger partial charge in [-0.2, -0.15) is 0 Å². The molecular formula is C35H25OP. The first-order valence-corrected chi connectivity index (χ1v) is 14.0. The summed E-state index contributed by atoms with van der Waals surface area (Å²) >= 11 is 0. The Morgan fingerprint density at radius 2 is 1.03 bits per heavy atom. The van der Waals surface area contributed by atoms with Gasteiger partial charge in [-0.3, -0.25) is 0 Å². The van der Waals surface area contributed by atoms with E-state index in [1.807, 2.05) is 6.07 Å². The second kappa shape index (κ2) is 9.12. The number of benzene rings is 7. The zero-order valence-electron chi connectivity index (χ0n) is 20.3. The first kappa shape index (κ1) is 22.2. The quantitative estimate of drug-likeness (QED) is 0.196. The molecule has 176 valence electrons. The average Bonchev–Trinajstić information content (AvgIpc) is 2.97. The molecule has 0 spiro atoms. The first-order chi connectivity index (χ1) is 18.3. The number of aliphatic hydroxyl groups excluding tert-OH is 1. The lowest BCUT2D eigenvalue weighted by molar-refractivity contribution is 0.223. The molecule has 37 heavy (non-hydrogen) atoms. The summed E-state index contributed by atoms with van der Waals surface area (Å²) in [7, 11) is -0.839. The molecule has 0 radical (unpaired) electrons. The van der Waals surface area contributed by atoms with Gasteiger partial charge in [0.25, 0.3) is 0 Å². The van der Waals surface area contributed by atoms with Crippen LogP contribution in [-0.2, 0) is 0 Å². The van der Waals surface area contributed by atoms with Gasteiger partial charge in [0.15, 0.2) is 0 Å². The molecule has 0 aliphatic heterocycles. The molecule has 1 N–H and O–H groups in total. The maximum absolute atomic E-state index is 12.1. The van der Waals surface area contributed by atoms with Crippen molar-refractivity contribution >= 4 is 56.2 Å². The molecule has 0 saturated heterocycles. The van der Waals surface area contributed by atoms with Gasteiger partial charge in [0.05, 0.1) is 0 Å². The average molecular weight is 493 g/mol. The van der Waals surface area contributed by atoms with Gasteiger partial charge in [0.2, 0.25) is 0 Å². The smallest absolute Gasteiger partial charge is 0.105 e. The maximum atomic E-state index is 12.1. The molecule has 1 atom stereocenters. The van der Waals surface area contributed by atoms with E-state index in [0.29, 0.717) is 0 Å². The first-order valence-electron chi connectivity index (χ1n) is 12.6. The molecule has 7 aromatic carbocycles. The minimum atomic E-state index is -0.839. The van der Waals surface area contributed by atoms with E-state index in [2.05, 4.69) is 133 Å². The van der Waals surface area contributed by atoms with Crippen LogP contribution in [0.5, 0.6) is 0 Å². The van der Waals surface area contributed by atoms with Crippen molar-refractivity contribution in [2.75, 3.05) is 0 Å². The second-order valence-electron chi connectivity index (χ2n) is 9.48. The summed E-state index contributed by atoms with van der Waals surface area (Å²) in [6.45, 7) is 0. The maximum Gasteiger partial charge on any atom is 0.105 e. The van der Waals surface area contributed by atoms with Crippen molar-refractivity contribution in [2.45, 2.75) is 6.10 Å². The lowest BCUT2D eigenvalue weighted by Gasteiger charge is -2.25. The third-order valence-corrected chi connectivity index (χ3v) is 9.85. The van der Waals surface area contributed by atoms with Crippen LogP contribution in [0.4, 0.5) is 0 Å². The van der Waals surface area contributed by atoms with Crippen molar-refractivity contribution in [3.05, 3.63) is 151 Å². The largest absolute Gasteiger partial charge is 0.384 e. The summed E-state index contributed by atoms with van der Waals surface area (Å²) in [6.07, 6.45) is -0.747. The van der Waals surface area contributed by atoms with Crippen LogP contribution in [0.25, 0.3) is 32.3 Å². The number of rotatable bonds is 5. The van der Waals surface area contributed by atoms with Crippen molar-refractivity contribution in [1.82, 2.24) is 0 Å². The van der Waals surface area contributed by atoms with Crippen molar-refractivity contribution < 1.29 is 5.11 Å². The lowest BCUT2D eigenvalue weighted by atomic mass is 9.88. The summed E-state index contributed by atoms with van der Waals surface area (Å²) in [5.41, 5.74) is 1.93. The molecular weight excluding hydrogens is 467 g/mol. The summed E-state index contributed by atoms with van der Waals surface area (Å²) in [5, 5.41) is 23.1. The minimum absolute atomic E-state index is 0.747. The standard InChI is InChI=1S/C35H25OP/c36-35(31-23-26-13-9-11-24-21-22-25-12-10-19-29(31)34(25)33(24)26)30-18-7-8-20-32(30)37(27-14-3-1-4-15-27)28-16-5-2-6-17-28/h1-23,35-36H/t35-/m1/s1. The van der Waals surface area contributed by atoms with E-state index in [1.54, 1.807) is 0 Å². The molecule has 2 heteroatoms. The Bertz CT molecular complexity index is 1800. The summed E-state index contributed by atoms with van der Waals surface area (Å²) in [6, 6.07) is 49.3. The van der Waals surface area contributed by atoms with E-state index in [-0.39, 0.29) is 0 Å². The molecule has 0 amide bonds. The van der Waals surface area contributed by atoms with Crippen LogP contribution in [0.2, 0.25) is 0 Å². The summed E-state index contributed by atoms with van der Waals surface area (Å²) < 4.78 is 0. The Morgan fingerprint density at radius 3 is 1.73 bits per heavy atom. The third kappa shape index (κ3) is 3.71. The van der Waals surface area contributed by atoms with Crippen LogP contribution >= 0.6 is 7.92 Å². The SMILES string of the molecule is O[C@H](c1ccccc1P(c1ccccc1)c1ccccc1)c1cc2cccc3ccc4cccc1c4c32. The fourth-order valence-corrected chi connectivity index (χ4v) is 8.17. The topological polar surface area (TPSA) is 20.2 Å². The Hall–Kier alpha value is -4.03. The van der Waals surface area contributed by atoms with Gasteiger partial charge in [-0.1, -0.05) is 133 Å². The Morgan fingerprint density at radius 1 is 0.459 bits per heavy atom. The molecule has 0 saturated carbocycles. The molecule has 0 heterocycles. The highest BCUT2D eigenvalue weighted by atomic mass is 31.1. The van der Waals surface area contributed by atoms with Crippen LogP contribution in [0.1, 0.15) is 17.2 Å². The molecule has 0 bridgehead atoms. The second-order valence-corrected chi connectivity index (χ2v) is 11.7. The Balaban J connectivity index is 1.47. The van der Waals surface area contributed by atoms with Crippen LogP contribution in [0, 0.1) is 0 Å². The Kier molecular flexibility index (Phi) is 5.47. The van der Waals surface area contributed by atoms with Crippen molar-refractivity contribution in [1.29, 1.82) is 0 Å². The van der Waals surface area contributed by atoms with Crippen LogP contribution in [0.15, 0.2) is 140 Å². The molecule has 0 unspecified atom stereocenters. The van der Waals surface area contributed by atoms with E-state index >= 15 is 0 Å². The molecule has 7 rings (SSSR count). The van der Waals surface area contributed by atoms with Gasteiger partial charge in [0, 0.05) is 0 Å².